The number of rotatable bonds is 6. The van der Waals surface area contributed by atoms with Crippen LogP contribution >= 0.6 is 0 Å². The minimum absolute atomic E-state index is 0.181. The molecule has 1 aliphatic heterocycles. The standard InChI is InChI=1S/C24H22FN5/c25-21-12-10-20(11-13-21)23(29-16-15-19-8-4-5-9-22(19)29)24-26-27-28-30(24)17-14-18-6-2-1-3-7-18/h1-13,23H,14-17H2/t23-/m1/s1. The lowest BCUT2D eigenvalue weighted by Crippen LogP contribution is -2.30. The lowest BCUT2D eigenvalue weighted by atomic mass is 10.0. The summed E-state index contributed by atoms with van der Waals surface area (Å²) < 4.78 is 15.5. The molecule has 0 saturated heterocycles. The molecule has 0 spiro atoms. The Kier molecular flexibility index (Phi) is 4.97. The third-order valence-corrected chi connectivity index (χ3v) is 5.68. The van der Waals surface area contributed by atoms with E-state index in [1.807, 2.05) is 35.0 Å². The van der Waals surface area contributed by atoms with Crippen molar-refractivity contribution in [2.75, 3.05) is 11.4 Å². The van der Waals surface area contributed by atoms with Crippen LogP contribution in [0.2, 0.25) is 0 Å². The zero-order valence-corrected chi connectivity index (χ0v) is 16.5. The summed E-state index contributed by atoms with van der Waals surface area (Å²) in [6, 6.07) is 25.2. The average molecular weight is 399 g/mol. The summed E-state index contributed by atoms with van der Waals surface area (Å²) in [4.78, 5) is 2.33. The second-order valence-electron chi connectivity index (χ2n) is 7.52. The van der Waals surface area contributed by atoms with E-state index in [0.29, 0.717) is 6.54 Å². The Morgan fingerprint density at radius 3 is 2.50 bits per heavy atom. The zero-order chi connectivity index (χ0) is 20.3. The van der Waals surface area contributed by atoms with Gasteiger partial charge in [0.05, 0.1) is 0 Å². The fourth-order valence-electron chi connectivity index (χ4n) is 4.19. The first-order valence-corrected chi connectivity index (χ1v) is 10.2. The molecule has 1 aromatic heterocycles. The van der Waals surface area contributed by atoms with Gasteiger partial charge in [0.2, 0.25) is 0 Å². The van der Waals surface area contributed by atoms with Gasteiger partial charge in [-0.2, -0.15) is 0 Å². The number of fused-ring (bicyclic) bond motifs is 1. The van der Waals surface area contributed by atoms with E-state index >= 15 is 0 Å². The molecule has 2 heterocycles. The smallest absolute Gasteiger partial charge is 0.178 e. The minimum Gasteiger partial charge on any atom is -0.357 e. The van der Waals surface area contributed by atoms with Gasteiger partial charge >= 0.3 is 0 Å². The molecule has 30 heavy (non-hydrogen) atoms. The van der Waals surface area contributed by atoms with Crippen molar-refractivity contribution in [3.63, 3.8) is 0 Å². The molecule has 0 bridgehead atoms. The second-order valence-corrected chi connectivity index (χ2v) is 7.52. The molecule has 0 radical (unpaired) electrons. The number of nitrogens with zero attached hydrogens (tertiary/aromatic N) is 5. The summed E-state index contributed by atoms with van der Waals surface area (Å²) >= 11 is 0. The molecule has 6 heteroatoms. The highest BCUT2D eigenvalue weighted by molar-refractivity contribution is 5.60. The number of hydrogen-bond acceptors (Lipinski definition) is 4. The Labute approximate surface area is 174 Å². The lowest BCUT2D eigenvalue weighted by molar-refractivity contribution is 0.539. The van der Waals surface area contributed by atoms with Gasteiger partial charge in [-0.05, 0) is 58.2 Å². The van der Waals surface area contributed by atoms with Crippen molar-refractivity contribution >= 4 is 5.69 Å². The Balaban J connectivity index is 1.52. The molecule has 4 aromatic rings. The van der Waals surface area contributed by atoms with Crippen LogP contribution < -0.4 is 4.90 Å². The maximum atomic E-state index is 13.6. The maximum absolute atomic E-state index is 13.6. The lowest BCUT2D eigenvalue weighted by Gasteiger charge is -2.30. The summed E-state index contributed by atoms with van der Waals surface area (Å²) in [5.41, 5.74) is 4.71. The van der Waals surface area contributed by atoms with Gasteiger partial charge in [0.25, 0.3) is 0 Å². The highest BCUT2D eigenvalue weighted by atomic mass is 19.1. The first kappa shape index (κ1) is 18.5. The van der Waals surface area contributed by atoms with Crippen molar-refractivity contribution in [3.8, 4) is 0 Å². The van der Waals surface area contributed by atoms with Crippen LogP contribution in [0.1, 0.15) is 28.6 Å². The third-order valence-electron chi connectivity index (χ3n) is 5.68. The van der Waals surface area contributed by atoms with Crippen LogP contribution in [0.25, 0.3) is 0 Å². The van der Waals surface area contributed by atoms with Gasteiger partial charge in [0.1, 0.15) is 11.9 Å². The minimum atomic E-state index is -0.247. The molecule has 0 amide bonds. The van der Waals surface area contributed by atoms with E-state index in [-0.39, 0.29) is 11.9 Å². The monoisotopic (exact) mass is 399 g/mol. The van der Waals surface area contributed by atoms with E-state index < -0.39 is 0 Å². The van der Waals surface area contributed by atoms with Crippen molar-refractivity contribution in [2.24, 2.45) is 0 Å². The summed E-state index contributed by atoms with van der Waals surface area (Å²) in [6.45, 7) is 1.55. The van der Waals surface area contributed by atoms with Crippen molar-refractivity contribution in [1.29, 1.82) is 0 Å². The van der Waals surface area contributed by atoms with Crippen LogP contribution in [0, 0.1) is 5.82 Å². The van der Waals surface area contributed by atoms with Gasteiger partial charge < -0.3 is 4.90 Å². The molecular formula is C24H22FN5. The molecule has 3 aromatic carbocycles. The van der Waals surface area contributed by atoms with Gasteiger partial charge in [-0.25, -0.2) is 9.07 Å². The number of tetrazole rings is 1. The van der Waals surface area contributed by atoms with E-state index in [0.717, 1.165) is 30.8 Å². The van der Waals surface area contributed by atoms with Crippen LogP contribution in [-0.4, -0.2) is 26.8 Å². The molecule has 5 rings (SSSR count). The van der Waals surface area contributed by atoms with Crippen LogP contribution in [0.5, 0.6) is 0 Å². The normalized spacial score (nSPS) is 14.0. The van der Waals surface area contributed by atoms with Crippen LogP contribution in [0.15, 0.2) is 78.9 Å². The molecule has 150 valence electrons. The van der Waals surface area contributed by atoms with Gasteiger partial charge in [0, 0.05) is 18.8 Å². The summed E-state index contributed by atoms with van der Waals surface area (Å²) in [5.74, 6) is 0.525. The Morgan fingerprint density at radius 2 is 1.67 bits per heavy atom. The second kappa shape index (κ2) is 8.06. The molecule has 0 unspecified atom stereocenters. The van der Waals surface area contributed by atoms with Gasteiger partial charge in [0.15, 0.2) is 5.82 Å². The van der Waals surface area contributed by atoms with Gasteiger partial charge in [-0.15, -0.1) is 5.10 Å². The van der Waals surface area contributed by atoms with Gasteiger partial charge in [-0.1, -0.05) is 60.7 Å². The number of hydrogen-bond donors (Lipinski definition) is 0. The maximum Gasteiger partial charge on any atom is 0.178 e. The average Bonchev–Trinajstić information content (AvgIpc) is 3.42. The molecule has 0 aliphatic carbocycles. The number of benzene rings is 3. The fraction of sp³-hybridized carbons (Fsp3) is 0.208. The molecule has 0 saturated carbocycles. The van der Waals surface area contributed by atoms with E-state index in [1.54, 1.807) is 0 Å². The van der Waals surface area contributed by atoms with Crippen molar-refractivity contribution < 1.29 is 4.39 Å². The first-order valence-electron chi connectivity index (χ1n) is 10.2. The van der Waals surface area contributed by atoms with E-state index in [4.69, 9.17) is 0 Å². The highest BCUT2D eigenvalue weighted by Gasteiger charge is 2.32. The summed E-state index contributed by atoms with van der Waals surface area (Å²) in [6.07, 6.45) is 1.81. The van der Waals surface area contributed by atoms with Crippen LogP contribution in [0.4, 0.5) is 10.1 Å². The SMILES string of the molecule is Fc1ccc([C@H](c2nnnn2CCc2ccccc2)N2CCc3ccccc32)cc1. The molecular weight excluding hydrogens is 377 g/mol. The Morgan fingerprint density at radius 1 is 0.900 bits per heavy atom. The Hall–Kier alpha value is -3.54. The largest absolute Gasteiger partial charge is 0.357 e. The van der Waals surface area contributed by atoms with Crippen molar-refractivity contribution in [2.45, 2.75) is 25.4 Å². The fourth-order valence-corrected chi connectivity index (χ4v) is 4.19. The van der Waals surface area contributed by atoms with Gasteiger partial charge in [-0.3, -0.25) is 0 Å². The van der Waals surface area contributed by atoms with Crippen LogP contribution in [-0.2, 0) is 19.4 Å². The van der Waals surface area contributed by atoms with E-state index in [1.165, 1.54) is 28.9 Å². The van der Waals surface area contributed by atoms with E-state index in [9.17, 15) is 4.39 Å². The van der Waals surface area contributed by atoms with E-state index in [2.05, 4.69) is 56.8 Å². The number of halogens is 1. The predicted molar refractivity (Wildman–Crippen MR) is 114 cm³/mol. The molecule has 5 nitrogen and oxygen atoms in total. The quantitative estimate of drug-likeness (QED) is 0.487. The topological polar surface area (TPSA) is 46.8 Å². The number of aromatic nitrogens is 4. The number of anilines is 1. The predicted octanol–water partition coefficient (Wildman–Crippen LogP) is 4.21. The molecule has 1 atom stereocenters. The number of aryl methyl sites for hydroxylation is 2. The van der Waals surface area contributed by atoms with Crippen molar-refractivity contribution in [3.05, 3.63) is 107 Å². The van der Waals surface area contributed by atoms with Crippen molar-refractivity contribution in [1.82, 2.24) is 20.2 Å². The summed E-state index contributed by atoms with van der Waals surface area (Å²) in [5, 5.41) is 12.7. The molecule has 1 aliphatic rings. The number of para-hydroxylation sites is 1. The molecule has 0 N–H and O–H groups in total. The molecule has 0 fully saturated rings. The van der Waals surface area contributed by atoms with Crippen LogP contribution in [0.3, 0.4) is 0 Å². The zero-order valence-electron chi connectivity index (χ0n) is 16.5. The highest BCUT2D eigenvalue weighted by Crippen LogP contribution is 2.37. The first-order chi connectivity index (χ1) is 14.8. The third kappa shape index (κ3) is 3.56. The summed E-state index contributed by atoms with van der Waals surface area (Å²) in [7, 11) is 0. The Bertz CT molecular complexity index is 1120.